The maximum Gasteiger partial charge on any atom is 0.433 e. The lowest BCUT2D eigenvalue weighted by molar-refractivity contribution is -0.141. The number of rotatable bonds is 2. The summed E-state index contributed by atoms with van der Waals surface area (Å²) in [4.78, 5) is 7.62. The van der Waals surface area contributed by atoms with Crippen molar-refractivity contribution < 1.29 is 13.2 Å². The van der Waals surface area contributed by atoms with Gasteiger partial charge in [0.2, 0.25) is 0 Å². The maximum absolute atomic E-state index is 12.4. The fourth-order valence-electron chi connectivity index (χ4n) is 1.45. The Bertz CT molecular complexity index is 535. The van der Waals surface area contributed by atoms with E-state index in [-0.39, 0.29) is 0 Å². The molecular formula is C12H10F3N3. The number of nitrogens with one attached hydrogen (secondary N) is 1. The van der Waals surface area contributed by atoms with Crippen LogP contribution in [0.4, 0.5) is 19.0 Å². The molecule has 0 atom stereocenters. The highest BCUT2D eigenvalue weighted by atomic mass is 19.4. The van der Waals surface area contributed by atoms with Crippen LogP contribution in [0, 0.1) is 0 Å². The topological polar surface area (TPSA) is 37.8 Å². The maximum atomic E-state index is 12.4. The lowest BCUT2D eigenvalue weighted by Gasteiger charge is -2.07. The number of alkyl halides is 3. The van der Waals surface area contributed by atoms with E-state index in [2.05, 4.69) is 15.3 Å². The van der Waals surface area contributed by atoms with Crippen LogP contribution in [-0.4, -0.2) is 17.0 Å². The molecule has 2 aromatic rings. The average molecular weight is 253 g/mol. The van der Waals surface area contributed by atoms with Crippen LogP contribution in [0.2, 0.25) is 0 Å². The van der Waals surface area contributed by atoms with Gasteiger partial charge >= 0.3 is 6.18 Å². The number of halogens is 3. The molecule has 0 aliphatic rings. The number of pyridine rings is 2. The lowest BCUT2D eigenvalue weighted by Crippen LogP contribution is -2.07. The minimum atomic E-state index is -4.42. The number of anilines is 1. The average Bonchev–Trinajstić information content (AvgIpc) is 2.38. The van der Waals surface area contributed by atoms with Crippen LogP contribution < -0.4 is 5.32 Å². The van der Waals surface area contributed by atoms with E-state index in [1.54, 1.807) is 25.2 Å². The number of hydrogen-bond donors (Lipinski definition) is 1. The van der Waals surface area contributed by atoms with E-state index >= 15 is 0 Å². The first kappa shape index (κ1) is 12.3. The summed E-state index contributed by atoms with van der Waals surface area (Å²) < 4.78 is 37.1. The van der Waals surface area contributed by atoms with Gasteiger partial charge in [0.15, 0.2) is 0 Å². The summed E-state index contributed by atoms with van der Waals surface area (Å²) in [6, 6.07) is 7.55. The standard InChI is InChI=1S/C12H10F3N3/c1-16-11-4-2-3-9(18-11)8-5-6-10(17-7-8)12(13,14)15/h2-7H,1H3,(H,16,18). The Kier molecular flexibility index (Phi) is 3.18. The third-order valence-electron chi connectivity index (χ3n) is 2.35. The van der Waals surface area contributed by atoms with E-state index in [4.69, 9.17) is 0 Å². The SMILES string of the molecule is CNc1cccc(-c2ccc(C(F)(F)F)nc2)n1. The van der Waals surface area contributed by atoms with Crippen molar-refractivity contribution in [2.24, 2.45) is 0 Å². The molecule has 0 amide bonds. The minimum absolute atomic E-state index is 0.542. The molecule has 0 aliphatic carbocycles. The van der Waals surface area contributed by atoms with Crippen LogP contribution in [0.1, 0.15) is 5.69 Å². The second-order valence-electron chi connectivity index (χ2n) is 3.59. The molecule has 0 fully saturated rings. The summed E-state index contributed by atoms with van der Waals surface area (Å²) in [6.07, 6.45) is -3.25. The molecule has 0 bridgehead atoms. The van der Waals surface area contributed by atoms with Crippen LogP contribution in [0.15, 0.2) is 36.5 Å². The quantitative estimate of drug-likeness (QED) is 0.893. The number of hydrogen-bond acceptors (Lipinski definition) is 3. The highest BCUT2D eigenvalue weighted by Crippen LogP contribution is 2.28. The fourth-order valence-corrected chi connectivity index (χ4v) is 1.45. The molecule has 18 heavy (non-hydrogen) atoms. The second kappa shape index (κ2) is 4.64. The van der Waals surface area contributed by atoms with E-state index in [0.29, 0.717) is 17.1 Å². The van der Waals surface area contributed by atoms with E-state index in [9.17, 15) is 13.2 Å². The zero-order valence-corrected chi connectivity index (χ0v) is 9.49. The molecule has 0 saturated heterocycles. The highest BCUT2D eigenvalue weighted by molar-refractivity contribution is 5.60. The first-order valence-electron chi connectivity index (χ1n) is 5.19. The molecule has 2 aromatic heterocycles. The van der Waals surface area contributed by atoms with Gasteiger partial charge in [0, 0.05) is 18.8 Å². The van der Waals surface area contributed by atoms with Crippen molar-refractivity contribution in [2.75, 3.05) is 12.4 Å². The van der Waals surface area contributed by atoms with Gasteiger partial charge in [-0.2, -0.15) is 13.2 Å². The molecule has 94 valence electrons. The van der Waals surface area contributed by atoms with Gasteiger partial charge in [-0.05, 0) is 24.3 Å². The molecule has 0 unspecified atom stereocenters. The van der Waals surface area contributed by atoms with Gasteiger partial charge in [-0.25, -0.2) is 4.98 Å². The smallest absolute Gasteiger partial charge is 0.373 e. The van der Waals surface area contributed by atoms with E-state index in [1.807, 2.05) is 0 Å². The van der Waals surface area contributed by atoms with Gasteiger partial charge in [0.05, 0.1) is 5.69 Å². The van der Waals surface area contributed by atoms with Crippen molar-refractivity contribution in [1.29, 1.82) is 0 Å². The number of aromatic nitrogens is 2. The molecule has 0 radical (unpaired) electrons. The van der Waals surface area contributed by atoms with Gasteiger partial charge in [-0.1, -0.05) is 6.07 Å². The Morgan fingerprint density at radius 2 is 1.89 bits per heavy atom. The van der Waals surface area contributed by atoms with Gasteiger partial charge in [-0.3, -0.25) is 4.98 Å². The molecule has 0 aliphatic heterocycles. The molecule has 0 spiro atoms. The van der Waals surface area contributed by atoms with Gasteiger partial charge < -0.3 is 5.32 Å². The van der Waals surface area contributed by atoms with Gasteiger partial charge in [-0.15, -0.1) is 0 Å². The van der Waals surface area contributed by atoms with Crippen molar-refractivity contribution in [1.82, 2.24) is 9.97 Å². The molecule has 0 saturated carbocycles. The fraction of sp³-hybridized carbons (Fsp3) is 0.167. The van der Waals surface area contributed by atoms with Gasteiger partial charge in [0.1, 0.15) is 11.5 Å². The second-order valence-corrected chi connectivity index (χ2v) is 3.59. The normalized spacial score (nSPS) is 11.3. The summed E-state index contributed by atoms with van der Waals surface area (Å²) in [6.45, 7) is 0. The van der Waals surface area contributed by atoms with Crippen molar-refractivity contribution in [3.05, 3.63) is 42.2 Å². The Morgan fingerprint density at radius 1 is 1.11 bits per heavy atom. The Morgan fingerprint density at radius 3 is 2.44 bits per heavy atom. The summed E-state index contributed by atoms with van der Waals surface area (Å²) >= 11 is 0. The zero-order valence-electron chi connectivity index (χ0n) is 9.49. The summed E-state index contributed by atoms with van der Waals surface area (Å²) in [5.74, 6) is 0.646. The predicted octanol–water partition coefficient (Wildman–Crippen LogP) is 3.20. The van der Waals surface area contributed by atoms with Crippen LogP contribution in [-0.2, 0) is 6.18 Å². The first-order chi connectivity index (χ1) is 8.50. The minimum Gasteiger partial charge on any atom is -0.373 e. The molecule has 0 aromatic carbocycles. The highest BCUT2D eigenvalue weighted by Gasteiger charge is 2.32. The summed E-state index contributed by atoms with van der Waals surface area (Å²) in [5, 5.41) is 2.86. The Hall–Kier alpha value is -2.11. The van der Waals surface area contributed by atoms with E-state index < -0.39 is 11.9 Å². The largest absolute Gasteiger partial charge is 0.433 e. The van der Waals surface area contributed by atoms with Crippen LogP contribution in [0.3, 0.4) is 0 Å². The van der Waals surface area contributed by atoms with Gasteiger partial charge in [0.25, 0.3) is 0 Å². The molecule has 3 nitrogen and oxygen atoms in total. The summed E-state index contributed by atoms with van der Waals surface area (Å²) in [7, 11) is 1.72. The third kappa shape index (κ3) is 2.58. The van der Waals surface area contributed by atoms with E-state index in [0.717, 1.165) is 6.07 Å². The zero-order chi connectivity index (χ0) is 13.2. The monoisotopic (exact) mass is 253 g/mol. The number of nitrogens with zero attached hydrogens (tertiary/aromatic N) is 2. The van der Waals surface area contributed by atoms with Crippen LogP contribution >= 0.6 is 0 Å². The van der Waals surface area contributed by atoms with Crippen LogP contribution in [0.25, 0.3) is 11.3 Å². The lowest BCUT2D eigenvalue weighted by atomic mass is 10.2. The Balaban J connectivity index is 2.34. The van der Waals surface area contributed by atoms with Crippen molar-refractivity contribution in [3.63, 3.8) is 0 Å². The van der Waals surface area contributed by atoms with E-state index in [1.165, 1.54) is 12.3 Å². The van der Waals surface area contributed by atoms with Crippen molar-refractivity contribution in [3.8, 4) is 11.3 Å². The van der Waals surface area contributed by atoms with Crippen molar-refractivity contribution >= 4 is 5.82 Å². The third-order valence-corrected chi connectivity index (χ3v) is 2.35. The first-order valence-corrected chi connectivity index (χ1v) is 5.19. The predicted molar refractivity (Wildman–Crippen MR) is 62.0 cm³/mol. The molecular weight excluding hydrogens is 243 g/mol. The molecule has 2 heterocycles. The Labute approximate surface area is 102 Å². The molecule has 6 heteroatoms. The van der Waals surface area contributed by atoms with Crippen LogP contribution in [0.5, 0.6) is 0 Å². The molecule has 2 rings (SSSR count). The van der Waals surface area contributed by atoms with Crippen molar-refractivity contribution in [2.45, 2.75) is 6.18 Å². The molecule has 1 N–H and O–H groups in total. The summed E-state index contributed by atoms with van der Waals surface area (Å²) in [5.41, 5.74) is 0.208.